The van der Waals surface area contributed by atoms with Gasteiger partial charge in [-0.3, -0.25) is 25.6 Å². The lowest BCUT2D eigenvalue weighted by atomic mass is 10.3. The molecule has 1 aromatic rings. The van der Waals surface area contributed by atoms with E-state index in [1.807, 2.05) is 0 Å². The second kappa shape index (κ2) is 9.00. The SMILES string of the molecule is CN=C(NNc1ccc(N([O-])O)cc1)P(=O)(OC(C)C)OC(C)C. The summed E-state index contributed by atoms with van der Waals surface area (Å²) in [5.41, 5.74) is 6.19. The summed E-state index contributed by atoms with van der Waals surface area (Å²) in [5, 5.41) is 19.3. The fraction of sp³-hybridized carbons (Fsp3) is 0.500. The Morgan fingerprint density at radius 1 is 1.21 bits per heavy atom. The van der Waals surface area contributed by atoms with Crippen molar-refractivity contribution in [3.8, 4) is 0 Å². The van der Waals surface area contributed by atoms with Gasteiger partial charge in [0.2, 0.25) is 5.58 Å². The highest BCUT2D eigenvalue weighted by Crippen LogP contribution is 2.51. The molecule has 0 aromatic heterocycles. The third-order valence-corrected chi connectivity index (χ3v) is 4.81. The molecular formula is C14H24N4O5P-. The predicted molar refractivity (Wildman–Crippen MR) is 94.2 cm³/mol. The van der Waals surface area contributed by atoms with E-state index >= 15 is 0 Å². The van der Waals surface area contributed by atoms with Gasteiger partial charge in [-0.2, -0.15) is 0 Å². The van der Waals surface area contributed by atoms with Gasteiger partial charge in [-0.25, -0.2) is 0 Å². The predicted octanol–water partition coefficient (Wildman–Crippen LogP) is 3.33. The monoisotopic (exact) mass is 359 g/mol. The van der Waals surface area contributed by atoms with E-state index in [-0.39, 0.29) is 28.7 Å². The van der Waals surface area contributed by atoms with Crippen LogP contribution in [-0.4, -0.2) is 30.0 Å². The van der Waals surface area contributed by atoms with E-state index in [4.69, 9.17) is 14.3 Å². The van der Waals surface area contributed by atoms with Crippen molar-refractivity contribution in [1.82, 2.24) is 5.43 Å². The second-order valence-electron chi connectivity index (χ2n) is 5.42. The number of hydrazine groups is 1. The summed E-state index contributed by atoms with van der Waals surface area (Å²) in [6.07, 6.45) is -0.639. The van der Waals surface area contributed by atoms with Crippen LogP contribution in [0.2, 0.25) is 0 Å². The molecule has 0 aliphatic rings. The first-order chi connectivity index (χ1) is 11.2. The molecule has 0 saturated heterocycles. The van der Waals surface area contributed by atoms with Crippen LogP contribution in [0.15, 0.2) is 29.3 Å². The molecule has 0 saturated carbocycles. The van der Waals surface area contributed by atoms with Gasteiger partial charge >= 0.3 is 7.60 Å². The molecule has 0 aliphatic carbocycles. The van der Waals surface area contributed by atoms with Crippen LogP contribution in [0.25, 0.3) is 0 Å². The van der Waals surface area contributed by atoms with Crippen molar-refractivity contribution in [2.45, 2.75) is 39.9 Å². The lowest BCUT2D eigenvalue weighted by Gasteiger charge is -2.25. The molecule has 0 amide bonds. The van der Waals surface area contributed by atoms with E-state index in [0.717, 1.165) is 0 Å². The van der Waals surface area contributed by atoms with Crippen LogP contribution in [0.1, 0.15) is 27.7 Å². The van der Waals surface area contributed by atoms with Crippen LogP contribution in [0.5, 0.6) is 0 Å². The minimum absolute atomic E-state index is 0.0292. The normalized spacial score (nSPS) is 12.6. The zero-order valence-corrected chi connectivity index (χ0v) is 15.3. The molecule has 136 valence electrons. The van der Waals surface area contributed by atoms with Crippen molar-refractivity contribution in [3.63, 3.8) is 0 Å². The van der Waals surface area contributed by atoms with Crippen molar-refractivity contribution >= 4 is 24.5 Å². The Labute approximate surface area is 141 Å². The van der Waals surface area contributed by atoms with E-state index in [9.17, 15) is 9.77 Å². The number of hydrogen-bond acceptors (Lipinski definition) is 8. The van der Waals surface area contributed by atoms with Crippen LogP contribution in [-0.2, 0) is 13.6 Å². The lowest BCUT2D eigenvalue weighted by molar-refractivity contribution is 0.151. The Morgan fingerprint density at radius 2 is 1.71 bits per heavy atom. The van der Waals surface area contributed by atoms with E-state index in [1.165, 1.54) is 19.2 Å². The van der Waals surface area contributed by atoms with E-state index < -0.39 is 7.60 Å². The lowest BCUT2D eigenvalue weighted by Crippen LogP contribution is -2.32. The maximum atomic E-state index is 13.0. The Morgan fingerprint density at radius 3 is 2.08 bits per heavy atom. The third kappa shape index (κ3) is 6.10. The summed E-state index contributed by atoms with van der Waals surface area (Å²) in [4.78, 5) is 3.96. The number of anilines is 2. The van der Waals surface area contributed by atoms with Crippen LogP contribution < -0.4 is 16.1 Å². The average molecular weight is 359 g/mol. The van der Waals surface area contributed by atoms with Gasteiger partial charge in [-0.1, -0.05) is 0 Å². The summed E-state index contributed by atoms with van der Waals surface area (Å²) in [7, 11) is -2.16. The number of nitrogens with one attached hydrogen (secondary N) is 2. The van der Waals surface area contributed by atoms with Crippen molar-refractivity contribution in [1.29, 1.82) is 0 Å². The number of aliphatic imine (C=N–C) groups is 1. The summed E-state index contributed by atoms with van der Waals surface area (Å²) in [5.74, 6) is 0. The first-order valence-electron chi connectivity index (χ1n) is 7.40. The van der Waals surface area contributed by atoms with Gasteiger partial charge in [-0.15, -0.1) is 0 Å². The molecule has 0 aliphatic heterocycles. The van der Waals surface area contributed by atoms with Crippen molar-refractivity contribution in [2.24, 2.45) is 4.99 Å². The molecule has 24 heavy (non-hydrogen) atoms. The van der Waals surface area contributed by atoms with E-state index in [2.05, 4.69) is 15.8 Å². The fourth-order valence-electron chi connectivity index (χ4n) is 1.73. The number of rotatable bonds is 8. The van der Waals surface area contributed by atoms with Crippen molar-refractivity contribution < 1.29 is 18.8 Å². The second-order valence-corrected chi connectivity index (χ2v) is 7.26. The average Bonchev–Trinajstić information content (AvgIpc) is 2.46. The smallest absolute Gasteiger partial charge is 0.397 e. The van der Waals surface area contributed by atoms with Gasteiger partial charge in [0.25, 0.3) is 0 Å². The highest BCUT2D eigenvalue weighted by molar-refractivity contribution is 7.72. The van der Waals surface area contributed by atoms with Crippen molar-refractivity contribution in [3.05, 3.63) is 29.5 Å². The van der Waals surface area contributed by atoms with Gasteiger partial charge in [-0.05, 0) is 52.0 Å². The molecule has 0 heterocycles. The highest BCUT2D eigenvalue weighted by atomic mass is 31.2. The summed E-state index contributed by atoms with van der Waals surface area (Å²) < 4.78 is 23.9. The van der Waals surface area contributed by atoms with Gasteiger partial charge in [0, 0.05) is 7.05 Å². The highest BCUT2D eigenvalue weighted by Gasteiger charge is 2.34. The molecular weight excluding hydrogens is 335 g/mol. The first kappa shape index (κ1) is 20.4. The molecule has 10 heteroatoms. The number of hydrogen-bond donors (Lipinski definition) is 3. The standard InChI is InChI=1S/C14H24N4O5P/c1-10(2)22-24(21,23-11(3)4)14(15-5)17-16-12-6-8-13(9-7-12)18(19)20/h6-11,16,19H,1-5H3,(H,15,17)/q-1. The Bertz CT molecular complexity index is 575. The maximum Gasteiger partial charge on any atom is 0.397 e. The molecule has 1 rings (SSSR count). The zero-order valence-electron chi connectivity index (χ0n) is 14.4. The summed E-state index contributed by atoms with van der Waals surface area (Å²) in [6.45, 7) is 7.00. The number of benzene rings is 1. The molecule has 9 nitrogen and oxygen atoms in total. The maximum absolute atomic E-state index is 13.0. The molecule has 1 aromatic carbocycles. The largest absolute Gasteiger partial charge is 0.733 e. The molecule has 3 N–H and O–H groups in total. The van der Waals surface area contributed by atoms with E-state index in [0.29, 0.717) is 5.69 Å². The van der Waals surface area contributed by atoms with Gasteiger partial charge in [0.15, 0.2) is 0 Å². The van der Waals surface area contributed by atoms with Gasteiger partial charge in [0.05, 0.1) is 23.6 Å². The summed E-state index contributed by atoms with van der Waals surface area (Å²) in [6, 6.07) is 5.92. The molecule has 0 spiro atoms. The minimum Gasteiger partial charge on any atom is -0.733 e. The van der Waals surface area contributed by atoms with Gasteiger partial charge < -0.3 is 19.5 Å². The van der Waals surface area contributed by atoms with Crippen LogP contribution in [0, 0.1) is 5.21 Å². The Kier molecular flexibility index (Phi) is 7.65. The topological polar surface area (TPSA) is 118 Å². The molecule has 0 bridgehead atoms. The molecule has 0 fully saturated rings. The summed E-state index contributed by atoms with van der Waals surface area (Å²) >= 11 is 0. The van der Waals surface area contributed by atoms with E-state index in [1.54, 1.807) is 39.8 Å². The quantitative estimate of drug-likeness (QED) is 0.280. The van der Waals surface area contributed by atoms with Crippen molar-refractivity contribution in [2.75, 3.05) is 17.7 Å². The van der Waals surface area contributed by atoms with Crippen LogP contribution in [0.3, 0.4) is 0 Å². The molecule has 0 radical (unpaired) electrons. The minimum atomic E-state index is -3.63. The third-order valence-electron chi connectivity index (χ3n) is 2.58. The van der Waals surface area contributed by atoms with Gasteiger partial charge in [0.1, 0.15) is 0 Å². The molecule has 0 unspecified atom stereocenters. The fourth-order valence-corrected chi connectivity index (χ4v) is 3.52. The van der Waals surface area contributed by atoms with Crippen LogP contribution in [0.4, 0.5) is 11.4 Å². The first-order valence-corrected chi connectivity index (χ1v) is 8.94. The number of nitrogens with zero attached hydrogens (tertiary/aromatic N) is 2. The number of amidine groups is 1. The molecule has 0 atom stereocenters. The Balaban J connectivity index is 2.85. The Hall–Kier alpha value is -1.64. The zero-order chi connectivity index (χ0) is 18.3. The van der Waals surface area contributed by atoms with Crippen LogP contribution >= 0.6 is 7.60 Å².